The predicted octanol–water partition coefficient (Wildman–Crippen LogP) is 5.11. The second kappa shape index (κ2) is 10.2. The summed E-state index contributed by atoms with van der Waals surface area (Å²) in [6.07, 6.45) is -3.58. The number of aliphatic carboxylic acids is 1. The van der Waals surface area contributed by atoms with Crippen LogP contribution in [0.25, 0.3) is 11.1 Å². The Balaban J connectivity index is 1.59. The van der Waals surface area contributed by atoms with Gasteiger partial charge in [0.05, 0.1) is 23.2 Å². The quantitative estimate of drug-likeness (QED) is 0.490. The molecule has 0 aliphatic rings. The van der Waals surface area contributed by atoms with Crippen LogP contribution in [0.2, 0.25) is 0 Å². The lowest BCUT2D eigenvalue weighted by molar-refractivity contribution is -0.138. The number of amides is 1. The van der Waals surface area contributed by atoms with Crippen molar-refractivity contribution < 1.29 is 32.6 Å². The maximum absolute atomic E-state index is 12.7. The van der Waals surface area contributed by atoms with Crippen molar-refractivity contribution in [1.82, 2.24) is 10.3 Å². The summed E-state index contributed by atoms with van der Waals surface area (Å²) in [5, 5.41) is 11.1. The summed E-state index contributed by atoms with van der Waals surface area (Å²) in [6.45, 7) is 1.82. The summed E-state index contributed by atoms with van der Waals surface area (Å²) < 4.78 is 44.0. The highest BCUT2D eigenvalue weighted by Gasteiger charge is 2.29. The number of nitrogens with one attached hydrogen (secondary N) is 1. The zero-order valence-corrected chi connectivity index (χ0v) is 17.6. The number of hydrogen-bond donors (Lipinski definition) is 2. The molecular formula is C24H21F3N2O4. The summed E-state index contributed by atoms with van der Waals surface area (Å²) in [7, 11) is 0. The molecule has 0 spiro atoms. The highest BCUT2D eigenvalue weighted by atomic mass is 19.4. The Bertz CT molecular complexity index is 1100. The van der Waals surface area contributed by atoms with E-state index < -0.39 is 29.7 Å². The van der Waals surface area contributed by atoms with Gasteiger partial charge in [-0.05, 0) is 54.4 Å². The molecule has 0 bridgehead atoms. The Morgan fingerprint density at radius 3 is 2.12 bits per heavy atom. The molecule has 33 heavy (non-hydrogen) atoms. The molecule has 0 saturated heterocycles. The average molecular weight is 458 g/mol. The van der Waals surface area contributed by atoms with E-state index in [1.54, 1.807) is 43.3 Å². The van der Waals surface area contributed by atoms with Gasteiger partial charge in [0.15, 0.2) is 0 Å². The number of benzene rings is 2. The first-order valence-corrected chi connectivity index (χ1v) is 10.0. The molecule has 172 valence electrons. The third-order valence-corrected chi connectivity index (χ3v) is 4.80. The standard InChI is InChI=1S/C24H21F3N2O4/c1-15(21-11-6-18(14-29-21)23(32)28-13-12-22(30)31)33-20-9-4-17(5-10-20)16-2-7-19(8-3-16)24(25,26)27/h2-11,14-15H,12-13H2,1H3,(H,28,32)(H,30,31). The number of nitrogens with zero attached hydrogens (tertiary/aromatic N) is 1. The first-order chi connectivity index (χ1) is 15.6. The van der Waals surface area contributed by atoms with Gasteiger partial charge in [0.2, 0.25) is 0 Å². The zero-order valence-electron chi connectivity index (χ0n) is 17.6. The average Bonchev–Trinajstić information content (AvgIpc) is 2.79. The second-order valence-corrected chi connectivity index (χ2v) is 7.23. The molecule has 2 aromatic carbocycles. The normalized spacial score (nSPS) is 12.1. The highest BCUT2D eigenvalue weighted by Crippen LogP contribution is 2.31. The Morgan fingerprint density at radius 1 is 1.00 bits per heavy atom. The van der Waals surface area contributed by atoms with Gasteiger partial charge in [0.1, 0.15) is 11.9 Å². The molecule has 0 saturated carbocycles. The number of hydrogen-bond acceptors (Lipinski definition) is 4. The Labute approximate surface area is 188 Å². The third kappa shape index (κ3) is 6.55. The molecule has 1 atom stereocenters. The maximum atomic E-state index is 12.7. The van der Waals surface area contributed by atoms with Gasteiger partial charge >= 0.3 is 12.1 Å². The molecule has 0 radical (unpaired) electrons. The van der Waals surface area contributed by atoms with Crippen LogP contribution in [-0.2, 0) is 11.0 Å². The van der Waals surface area contributed by atoms with Crippen molar-refractivity contribution in [2.45, 2.75) is 25.6 Å². The third-order valence-electron chi connectivity index (χ3n) is 4.80. The van der Waals surface area contributed by atoms with Gasteiger partial charge in [-0.15, -0.1) is 0 Å². The van der Waals surface area contributed by atoms with Gasteiger partial charge in [0, 0.05) is 12.7 Å². The maximum Gasteiger partial charge on any atom is 0.416 e. The van der Waals surface area contributed by atoms with Crippen molar-refractivity contribution in [3.63, 3.8) is 0 Å². The first kappa shape index (κ1) is 23.8. The van der Waals surface area contributed by atoms with E-state index in [0.29, 0.717) is 22.6 Å². The van der Waals surface area contributed by atoms with Gasteiger partial charge in [-0.3, -0.25) is 14.6 Å². The number of alkyl halides is 3. The summed E-state index contributed by atoms with van der Waals surface area (Å²) in [4.78, 5) is 26.7. The SMILES string of the molecule is CC(Oc1ccc(-c2ccc(C(F)(F)F)cc2)cc1)c1ccc(C(=O)NCCC(=O)O)cn1. The van der Waals surface area contributed by atoms with E-state index in [4.69, 9.17) is 9.84 Å². The van der Waals surface area contributed by atoms with Crippen LogP contribution < -0.4 is 10.1 Å². The molecule has 1 aromatic heterocycles. The first-order valence-electron chi connectivity index (χ1n) is 10.0. The molecule has 0 aliphatic heterocycles. The molecule has 9 heteroatoms. The van der Waals surface area contributed by atoms with E-state index >= 15 is 0 Å². The predicted molar refractivity (Wildman–Crippen MR) is 115 cm³/mol. The van der Waals surface area contributed by atoms with Crippen molar-refractivity contribution in [3.8, 4) is 16.9 Å². The molecule has 1 unspecified atom stereocenters. The number of carboxylic acids is 1. The largest absolute Gasteiger partial charge is 0.484 e. The van der Waals surface area contributed by atoms with Crippen molar-refractivity contribution in [2.24, 2.45) is 0 Å². The number of carbonyl (C=O) groups is 2. The minimum Gasteiger partial charge on any atom is -0.484 e. The Kier molecular flexibility index (Phi) is 7.32. The van der Waals surface area contributed by atoms with Crippen LogP contribution in [0, 0.1) is 0 Å². The number of rotatable bonds is 8. The number of carboxylic acid groups (broad SMARTS) is 1. The van der Waals surface area contributed by atoms with Crippen molar-refractivity contribution in [3.05, 3.63) is 83.7 Å². The lowest BCUT2D eigenvalue weighted by Gasteiger charge is -2.15. The van der Waals surface area contributed by atoms with Crippen LogP contribution >= 0.6 is 0 Å². The van der Waals surface area contributed by atoms with Gasteiger partial charge in [0.25, 0.3) is 5.91 Å². The fraction of sp³-hybridized carbons (Fsp3) is 0.208. The van der Waals surface area contributed by atoms with E-state index in [-0.39, 0.29) is 13.0 Å². The molecule has 6 nitrogen and oxygen atoms in total. The van der Waals surface area contributed by atoms with E-state index in [1.807, 2.05) is 0 Å². The molecule has 2 N–H and O–H groups in total. The fourth-order valence-corrected chi connectivity index (χ4v) is 3.01. The van der Waals surface area contributed by atoms with Gasteiger partial charge in [-0.2, -0.15) is 13.2 Å². The van der Waals surface area contributed by atoms with Gasteiger partial charge in [-0.25, -0.2) is 0 Å². The Hall–Kier alpha value is -3.88. The molecule has 3 rings (SSSR count). The lowest BCUT2D eigenvalue weighted by atomic mass is 10.0. The van der Waals surface area contributed by atoms with Crippen LogP contribution in [0.15, 0.2) is 66.9 Å². The second-order valence-electron chi connectivity index (χ2n) is 7.23. The minimum atomic E-state index is -4.37. The molecule has 3 aromatic rings. The number of carbonyl (C=O) groups excluding carboxylic acids is 1. The van der Waals surface area contributed by atoms with Gasteiger partial charge in [-0.1, -0.05) is 24.3 Å². The van der Waals surface area contributed by atoms with E-state index in [0.717, 1.165) is 17.7 Å². The topological polar surface area (TPSA) is 88.5 Å². The van der Waals surface area contributed by atoms with Crippen molar-refractivity contribution in [1.29, 1.82) is 0 Å². The summed E-state index contributed by atoms with van der Waals surface area (Å²) in [6, 6.07) is 15.1. The minimum absolute atomic E-state index is 0.0257. The Morgan fingerprint density at radius 2 is 1.61 bits per heavy atom. The van der Waals surface area contributed by atoms with Crippen LogP contribution in [0.4, 0.5) is 13.2 Å². The van der Waals surface area contributed by atoms with Crippen LogP contribution in [-0.4, -0.2) is 28.5 Å². The summed E-state index contributed by atoms with van der Waals surface area (Å²) in [5.41, 5.74) is 1.60. The molecule has 0 fully saturated rings. The fourth-order valence-electron chi connectivity index (χ4n) is 3.01. The monoisotopic (exact) mass is 458 g/mol. The molecule has 1 amide bonds. The molecular weight excluding hydrogens is 437 g/mol. The smallest absolute Gasteiger partial charge is 0.416 e. The van der Waals surface area contributed by atoms with E-state index in [9.17, 15) is 22.8 Å². The van der Waals surface area contributed by atoms with Crippen LogP contribution in [0.3, 0.4) is 0 Å². The van der Waals surface area contributed by atoms with E-state index in [2.05, 4.69) is 10.3 Å². The van der Waals surface area contributed by atoms with Crippen molar-refractivity contribution >= 4 is 11.9 Å². The molecule has 0 aliphatic carbocycles. The molecule has 1 heterocycles. The number of pyridine rings is 1. The number of halogens is 3. The van der Waals surface area contributed by atoms with E-state index in [1.165, 1.54) is 18.3 Å². The lowest BCUT2D eigenvalue weighted by Crippen LogP contribution is -2.26. The van der Waals surface area contributed by atoms with Crippen molar-refractivity contribution in [2.75, 3.05) is 6.54 Å². The zero-order chi connectivity index (χ0) is 24.0. The highest BCUT2D eigenvalue weighted by molar-refractivity contribution is 5.94. The van der Waals surface area contributed by atoms with Gasteiger partial charge < -0.3 is 15.2 Å². The van der Waals surface area contributed by atoms with Crippen LogP contribution in [0.5, 0.6) is 5.75 Å². The number of aromatic nitrogens is 1. The number of ether oxygens (including phenoxy) is 1. The summed E-state index contributed by atoms with van der Waals surface area (Å²) >= 11 is 0. The van der Waals surface area contributed by atoms with Crippen LogP contribution in [0.1, 0.15) is 41.1 Å². The summed E-state index contributed by atoms with van der Waals surface area (Å²) in [5.74, 6) is -0.861.